The second-order valence-corrected chi connectivity index (χ2v) is 7.68. The van der Waals surface area contributed by atoms with E-state index < -0.39 is 0 Å². The van der Waals surface area contributed by atoms with Crippen LogP contribution in [-0.2, 0) is 11.3 Å². The molecule has 1 saturated heterocycles. The van der Waals surface area contributed by atoms with Gasteiger partial charge in [0.05, 0.1) is 15.0 Å². The number of rotatable bonds is 3. The first-order chi connectivity index (χ1) is 11.0. The van der Waals surface area contributed by atoms with Crippen molar-refractivity contribution in [1.82, 2.24) is 9.88 Å². The van der Waals surface area contributed by atoms with E-state index in [9.17, 15) is 9.90 Å². The van der Waals surface area contributed by atoms with Crippen LogP contribution >= 0.6 is 46.6 Å². The number of carbonyl (C=O) groups is 1. The van der Waals surface area contributed by atoms with Crippen LogP contribution in [0.2, 0.25) is 0 Å². The largest absolute Gasteiger partial charge is 0.507 e. The number of hydrogen-bond acceptors (Lipinski definition) is 5. The molecule has 2 heterocycles. The Morgan fingerprint density at radius 3 is 2.91 bits per heavy atom. The molecule has 1 fully saturated rings. The number of hydrogen-bond donors (Lipinski definition) is 1. The zero-order valence-corrected chi connectivity index (χ0v) is 15.6. The van der Waals surface area contributed by atoms with Crippen molar-refractivity contribution in [2.75, 3.05) is 0 Å². The highest BCUT2D eigenvalue weighted by Gasteiger charge is 2.31. The van der Waals surface area contributed by atoms with E-state index in [1.807, 2.05) is 18.2 Å². The lowest BCUT2D eigenvalue weighted by molar-refractivity contribution is -0.122. The Labute approximate surface area is 156 Å². The monoisotopic (exact) mass is 454 g/mol. The van der Waals surface area contributed by atoms with Gasteiger partial charge in [-0.05, 0) is 58.0 Å². The van der Waals surface area contributed by atoms with Gasteiger partial charge < -0.3 is 5.11 Å². The van der Waals surface area contributed by atoms with Gasteiger partial charge in [0.15, 0.2) is 0 Å². The fourth-order valence-electron chi connectivity index (χ4n) is 2.07. The Bertz CT molecular complexity index is 809. The van der Waals surface area contributed by atoms with Crippen molar-refractivity contribution in [2.24, 2.45) is 0 Å². The van der Waals surface area contributed by atoms with Crippen molar-refractivity contribution in [3.05, 3.63) is 62.3 Å². The first-order valence-corrected chi connectivity index (χ1v) is 8.98. The summed E-state index contributed by atoms with van der Waals surface area (Å²) < 4.78 is 1.28. The number of benzene rings is 1. The Balaban J connectivity index is 1.83. The van der Waals surface area contributed by atoms with Crippen LogP contribution < -0.4 is 0 Å². The summed E-state index contributed by atoms with van der Waals surface area (Å²) in [7, 11) is 0. The molecule has 1 aromatic carbocycles. The summed E-state index contributed by atoms with van der Waals surface area (Å²) in [6.45, 7) is 0.420. The Hall–Kier alpha value is -1.45. The molecular weight excluding hydrogens is 443 g/mol. The topological polar surface area (TPSA) is 53.4 Å². The van der Waals surface area contributed by atoms with Gasteiger partial charge in [-0.25, -0.2) is 0 Å². The SMILES string of the molecule is O=C1/C(=C/c2ccc(O)c(I)c2)SC(=S)N1Cc1cccnc1. The fraction of sp³-hybridized carbons (Fsp3) is 0.0625. The van der Waals surface area contributed by atoms with Gasteiger partial charge in [0, 0.05) is 12.4 Å². The maximum Gasteiger partial charge on any atom is 0.266 e. The van der Waals surface area contributed by atoms with Crippen LogP contribution in [0.5, 0.6) is 5.75 Å². The average molecular weight is 454 g/mol. The molecule has 1 aliphatic heterocycles. The standard InChI is InChI=1S/C16H11IN2O2S2/c17-12-6-10(3-4-13(12)20)7-14-15(21)19(16(22)23-14)9-11-2-1-5-18-8-11/h1-8,20H,9H2/b14-7-. The van der Waals surface area contributed by atoms with Crippen LogP contribution in [-0.4, -0.2) is 25.2 Å². The number of carbonyl (C=O) groups excluding carboxylic acids is 1. The first kappa shape index (κ1) is 16.4. The van der Waals surface area contributed by atoms with Gasteiger partial charge >= 0.3 is 0 Å². The highest BCUT2D eigenvalue weighted by molar-refractivity contribution is 14.1. The van der Waals surface area contributed by atoms with E-state index in [1.54, 1.807) is 35.5 Å². The van der Waals surface area contributed by atoms with Crippen LogP contribution in [0.25, 0.3) is 6.08 Å². The van der Waals surface area contributed by atoms with Gasteiger partial charge in [0.1, 0.15) is 10.1 Å². The van der Waals surface area contributed by atoms with Crippen molar-refractivity contribution >= 4 is 62.9 Å². The molecule has 1 N–H and O–H groups in total. The van der Waals surface area contributed by atoms with E-state index in [0.717, 1.165) is 14.7 Å². The molecule has 23 heavy (non-hydrogen) atoms. The van der Waals surface area contributed by atoms with Crippen molar-refractivity contribution in [3.8, 4) is 5.75 Å². The number of phenols is 1. The molecule has 4 nitrogen and oxygen atoms in total. The molecule has 2 aromatic rings. The fourth-order valence-corrected chi connectivity index (χ4v) is 3.87. The minimum atomic E-state index is -0.105. The van der Waals surface area contributed by atoms with E-state index in [1.165, 1.54) is 11.8 Å². The normalized spacial score (nSPS) is 16.4. The average Bonchev–Trinajstić information content (AvgIpc) is 2.80. The van der Waals surface area contributed by atoms with Crippen molar-refractivity contribution in [3.63, 3.8) is 0 Å². The lowest BCUT2D eigenvalue weighted by atomic mass is 10.2. The van der Waals surface area contributed by atoms with Gasteiger partial charge in [-0.1, -0.05) is 36.1 Å². The second-order valence-electron chi connectivity index (χ2n) is 4.84. The van der Waals surface area contributed by atoms with Gasteiger partial charge in [0.2, 0.25) is 0 Å². The molecule has 116 valence electrons. The van der Waals surface area contributed by atoms with Gasteiger partial charge in [-0.3, -0.25) is 14.7 Å². The summed E-state index contributed by atoms with van der Waals surface area (Å²) in [6.07, 6.45) is 5.22. The first-order valence-electron chi connectivity index (χ1n) is 6.67. The van der Waals surface area contributed by atoms with E-state index >= 15 is 0 Å². The van der Waals surface area contributed by atoms with Crippen LogP contribution in [0.15, 0.2) is 47.6 Å². The highest BCUT2D eigenvalue weighted by Crippen LogP contribution is 2.34. The summed E-state index contributed by atoms with van der Waals surface area (Å²) in [5.41, 5.74) is 1.79. The Kier molecular flexibility index (Phi) is 4.98. The molecule has 0 spiro atoms. The summed E-state index contributed by atoms with van der Waals surface area (Å²) in [5, 5.41) is 9.57. The van der Waals surface area contributed by atoms with Crippen LogP contribution in [0, 0.1) is 3.57 Å². The molecule has 1 aliphatic rings. The van der Waals surface area contributed by atoms with Gasteiger partial charge in [-0.15, -0.1) is 0 Å². The number of aromatic hydroxyl groups is 1. The summed E-state index contributed by atoms with van der Waals surface area (Å²) in [5.74, 6) is 0.124. The quantitative estimate of drug-likeness (QED) is 0.435. The smallest absolute Gasteiger partial charge is 0.266 e. The van der Waals surface area contributed by atoms with Crippen LogP contribution in [0.1, 0.15) is 11.1 Å². The molecule has 3 rings (SSSR count). The van der Waals surface area contributed by atoms with E-state index in [2.05, 4.69) is 27.6 Å². The number of thioether (sulfide) groups is 1. The lowest BCUT2D eigenvalue weighted by Gasteiger charge is -2.13. The molecular formula is C16H11IN2O2S2. The van der Waals surface area contributed by atoms with E-state index in [4.69, 9.17) is 12.2 Å². The molecule has 0 aliphatic carbocycles. The highest BCUT2D eigenvalue weighted by atomic mass is 127. The number of phenolic OH excluding ortho intramolecular Hbond substituents is 1. The molecule has 1 aromatic heterocycles. The lowest BCUT2D eigenvalue weighted by Crippen LogP contribution is -2.27. The number of nitrogens with zero attached hydrogens (tertiary/aromatic N) is 2. The molecule has 0 bridgehead atoms. The molecule has 0 saturated carbocycles. The minimum absolute atomic E-state index is 0.105. The zero-order valence-electron chi connectivity index (χ0n) is 11.8. The molecule has 7 heteroatoms. The third-order valence-corrected chi connectivity index (χ3v) is 5.45. The van der Waals surface area contributed by atoms with Crippen molar-refractivity contribution in [2.45, 2.75) is 6.54 Å². The van der Waals surface area contributed by atoms with Crippen molar-refractivity contribution < 1.29 is 9.90 Å². The van der Waals surface area contributed by atoms with Gasteiger partial charge in [-0.2, -0.15) is 0 Å². The Morgan fingerprint density at radius 2 is 2.22 bits per heavy atom. The number of amides is 1. The predicted octanol–water partition coefficient (Wildman–Crippen LogP) is 3.79. The van der Waals surface area contributed by atoms with E-state index in [0.29, 0.717) is 15.8 Å². The second kappa shape index (κ2) is 6.98. The maximum atomic E-state index is 12.6. The number of thiocarbonyl (C=S) groups is 1. The summed E-state index contributed by atoms with van der Waals surface area (Å²) in [6, 6.07) is 8.96. The van der Waals surface area contributed by atoms with E-state index in [-0.39, 0.29) is 11.7 Å². The van der Waals surface area contributed by atoms with Crippen molar-refractivity contribution in [1.29, 1.82) is 0 Å². The zero-order chi connectivity index (χ0) is 16.4. The summed E-state index contributed by atoms with van der Waals surface area (Å²) in [4.78, 5) is 18.8. The number of aromatic nitrogens is 1. The molecule has 1 amide bonds. The number of halogens is 1. The third-order valence-electron chi connectivity index (χ3n) is 3.21. The molecule has 0 unspecified atom stereocenters. The molecule has 0 atom stereocenters. The predicted molar refractivity (Wildman–Crippen MR) is 104 cm³/mol. The third kappa shape index (κ3) is 3.73. The molecule has 0 radical (unpaired) electrons. The summed E-state index contributed by atoms with van der Waals surface area (Å²) >= 11 is 8.66. The van der Waals surface area contributed by atoms with Gasteiger partial charge in [0.25, 0.3) is 5.91 Å². The Morgan fingerprint density at radius 1 is 1.39 bits per heavy atom. The maximum absolute atomic E-state index is 12.6. The van der Waals surface area contributed by atoms with Crippen LogP contribution in [0.4, 0.5) is 0 Å². The minimum Gasteiger partial charge on any atom is -0.507 e. The number of pyridine rings is 1. The van der Waals surface area contributed by atoms with Crippen LogP contribution in [0.3, 0.4) is 0 Å².